The molecule has 1 aromatic heterocycles. The highest BCUT2D eigenvalue weighted by atomic mass is 32.2. The standard InChI is InChI=1S/C21H22N4O3S/c26-20-10-8-16-6-2-3-7-18(16)19(20)15-23-24-21-11-9-17(14-22-21)29(27,28)25-12-4-1-5-13-25/h2-3,6-11,14-15,26H,1,4-5,12-13H2,(H,22,24)/b23-15+. The molecule has 2 heterocycles. The first-order chi connectivity index (χ1) is 14.1. The number of fused-ring (bicyclic) bond motifs is 1. The van der Waals surface area contributed by atoms with Crippen LogP contribution in [0.3, 0.4) is 0 Å². The number of sulfonamides is 1. The van der Waals surface area contributed by atoms with Gasteiger partial charge in [-0.3, -0.25) is 5.43 Å². The van der Waals surface area contributed by atoms with Crippen LogP contribution in [-0.2, 0) is 10.0 Å². The molecular formula is C21H22N4O3S. The van der Waals surface area contributed by atoms with Crippen molar-refractivity contribution in [1.82, 2.24) is 9.29 Å². The van der Waals surface area contributed by atoms with Crippen LogP contribution >= 0.6 is 0 Å². The predicted molar refractivity (Wildman–Crippen MR) is 114 cm³/mol. The fraction of sp³-hybridized carbons (Fsp3) is 0.238. The van der Waals surface area contributed by atoms with E-state index in [9.17, 15) is 13.5 Å². The number of benzene rings is 2. The van der Waals surface area contributed by atoms with E-state index in [0.717, 1.165) is 30.0 Å². The first kappa shape index (κ1) is 19.4. The first-order valence-corrected chi connectivity index (χ1v) is 11.0. The van der Waals surface area contributed by atoms with Gasteiger partial charge in [0.2, 0.25) is 10.0 Å². The molecule has 3 aromatic rings. The van der Waals surface area contributed by atoms with E-state index in [4.69, 9.17) is 0 Å². The Balaban J connectivity index is 1.49. The van der Waals surface area contributed by atoms with Crippen molar-refractivity contribution < 1.29 is 13.5 Å². The third-order valence-electron chi connectivity index (χ3n) is 5.01. The van der Waals surface area contributed by atoms with E-state index in [2.05, 4.69) is 15.5 Å². The molecule has 29 heavy (non-hydrogen) atoms. The SMILES string of the molecule is O=S(=O)(c1ccc(N/N=C/c2c(O)ccc3ccccc23)nc1)N1CCCCC1. The maximum absolute atomic E-state index is 12.7. The molecule has 0 spiro atoms. The van der Waals surface area contributed by atoms with Gasteiger partial charge in [-0.05, 0) is 41.8 Å². The summed E-state index contributed by atoms with van der Waals surface area (Å²) in [5, 5.41) is 16.2. The highest BCUT2D eigenvalue weighted by Gasteiger charge is 2.26. The van der Waals surface area contributed by atoms with Crippen LogP contribution in [0.25, 0.3) is 10.8 Å². The number of phenolic OH excluding ortho intramolecular Hbond substituents is 1. The zero-order chi connectivity index (χ0) is 20.3. The molecule has 150 valence electrons. The summed E-state index contributed by atoms with van der Waals surface area (Å²) in [7, 11) is -3.50. The van der Waals surface area contributed by atoms with Crippen LogP contribution in [0.2, 0.25) is 0 Å². The summed E-state index contributed by atoms with van der Waals surface area (Å²) >= 11 is 0. The number of aromatic nitrogens is 1. The summed E-state index contributed by atoms with van der Waals surface area (Å²) < 4.78 is 26.9. The third-order valence-corrected chi connectivity index (χ3v) is 6.89. The molecule has 0 bridgehead atoms. The second-order valence-electron chi connectivity index (χ2n) is 6.93. The fourth-order valence-corrected chi connectivity index (χ4v) is 4.90. The Kier molecular flexibility index (Phi) is 5.46. The number of nitrogens with zero attached hydrogens (tertiary/aromatic N) is 3. The molecular weight excluding hydrogens is 388 g/mol. The van der Waals surface area contributed by atoms with Crippen molar-refractivity contribution in [1.29, 1.82) is 0 Å². The summed E-state index contributed by atoms with van der Waals surface area (Å²) in [6.45, 7) is 1.11. The molecule has 1 aliphatic heterocycles. The van der Waals surface area contributed by atoms with Crippen LogP contribution in [0.4, 0.5) is 5.82 Å². The van der Waals surface area contributed by atoms with Crippen molar-refractivity contribution >= 4 is 32.8 Å². The van der Waals surface area contributed by atoms with Crippen molar-refractivity contribution in [2.24, 2.45) is 5.10 Å². The highest BCUT2D eigenvalue weighted by molar-refractivity contribution is 7.89. The lowest BCUT2D eigenvalue weighted by Gasteiger charge is -2.25. The molecule has 8 heteroatoms. The van der Waals surface area contributed by atoms with Crippen LogP contribution in [0.15, 0.2) is 64.7 Å². The van der Waals surface area contributed by atoms with Gasteiger partial charge in [0.1, 0.15) is 16.5 Å². The van der Waals surface area contributed by atoms with Crippen molar-refractivity contribution in [3.63, 3.8) is 0 Å². The topological polar surface area (TPSA) is 94.9 Å². The molecule has 2 aromatic carbocycles. The Morgan fingerprint density at radius 2 is 1.83 bits per heavy atom. The molecule has 1 saturated heterocycles. The number of aromatic hydroxyl groups is 1. The smallest absolute Gasteiger partial charge is 0.244 e. The second kappa shape index (κ2) is 8.18. The van der Waals surface area contributed by atoms with Crippen LogP contribution < -0.4 is 5.43 Å². The molecule has 1 fully saturated rings. The summed E-state index contributed by atoms with van der Waals surface area (Å²) in [4.78, 5) is 4.34. The van der Waals surface area contributed by atoms with Gasteiger partial charge in [-0.25, -0.2) is 13.4 Å². The summed E-state index contributed by atoms with van der Waals surface area (Å²) in [6, 6.07) is 14.3. The van der Waals surface area contributed by atoms with Crippen LogP contribution in [0.5, 0.6) is 5.75 Å². The molecule has 0 atom stereocenters. The number of nitrogens with one attached hydrogen (secondary N) is 1. The van der Waals surface area contributed by atoms with Crippen LogP contribution in [-0.4, -0.2) is 42.1 Å². The molecule has 7 nitrogen and oxygen atoms in total. The molecule has 0 saturated carbocycles. The van der Waals surface area contributed by atoms with Gasteiger partial charge in [0, 0.05) is 24.8 Å². The maximum atomic E-state index is 12.7. The third kappa shape index (κ3) is 4.08. The van der Waals surface area contributed by atoms with Gasteiger partial charge in [-0.2, -0.15) is 9.41 Å². The molecule has 0 aliphatic carbocycles. The van der Waals surface area contributed by atoms with Crippen molar-refractivity contribution in [2.45, 2.75) is 24.2 Å². The molecule has 2 N–H and O–H groups in total. The average Bonchev–Trinajstić information content (AvgIpc) is 2.76. The van der Waals surface area contributed by atoms with E-state index in [-0.39, 0.29) is 10.6 Å². The van der Waals surface area contributed by atoms with E-state index in [0.29, 0.717) is 24.5 Å². The molecule has 0 amide bonds. The zero-order valence-corrected chi connectivity index (χ0v) is 16.6. The summed E-state index contributed by atoms with van der Waals surface area (Å²) in [5.74, 6) is 0.545. The normalized spacial score (nSPS) is 15.7. The first-order valence-electron chi connectivity index (χ1n) is 9.52. The monoisotopic (exact) mass is 410 g/mol. The number of hydrazone groups is 1. The van der Waals surface area contributed by atoms with Crippen LogP contribution in [0.1, 0.15) is 24.8 Å². The van der Waals surface area contributed by atoms with E-state index < -0.39 is 10.0 Å². The zero-order valence-electron chi connectivity index (χ0n) is 15.8. The maximum Gasteiger partial charge on any atom is 0.244 e. The van der Waals surface area contributed by atoms with Gasteiger partial charge in [-0.1, -0.05) is 36.8 Å². The number of anilines is 1. The van der Waals surface area contributed by atoms with Gasteiger partial charge >= 0.3 is 0 Å². The molecule has 0 radical (unpaired) electrons. The second-order valence-corrected chi connectivity index (χ2v) is 8.87. The van der Waals surface area contributed by atoms with E-state index in [1.807, 2.05) is 30.3 Å². The van der Waals surface area contributed by atoms with Crippen molar-refractivity contribution in [3.8, 4) is 5.75 Å². The van der Waals surface area contributed by atoms with Crippen LogP contribution in [0, 0.1) is 0 Å². The Labute approximate surface area is 169 Å². The lowest BCUT2D eigenvalue weighted by Crippen LogP contribution is -2.35. The Bertz CT molecular complexity index is 1140. The number of hydrogen-bond donors (Lipinski definition) is 2. The predicted octanol–water partition coefficient (Wildman–Crippen LogP) is 3.56. The fourth-order valence-electron chi connectivity index (χ4n) is 3.44. The summed E-state index contributed by atoms with van der Waals surface area (Å²) in [5.41, 5.74) is 3.38. The van der Waals surface area contributed by atoms with Gasteiger partial charge < -0.3 is 5.11 Å². The number of rotatable bonds is 5. The lowest BCUT2D eigenvalue weighted by molar-refractivity contribution is 0.346. The van der Waals surface area contributed by atoms with Crippen molar-refractivity contribution in [2.75, 3.05) is 18.5 Å². The number of piperidine rings is 1. The Morgan fingerprint density at radius 3 is 2.59 bits per heavy atom. The molecule has 0 unspecified atom stereocenters. The lowest BCUT2D eigenvalue weighted by atomic mass is 10.0. The molecule has 1 aliphatic rings. The number of hydrogen-bond acceptors (Lipinski definition) is 6. The van der Waals surface area contributed by atoms with E-state index in [1.165, 1.54) is 22.8 Å². The Hall–Kier alpha value is -2.97. The van der Waals surface area contributed by atoms with Gasteiger partial charge in [-0.15, -0.1) is 0 Å². The minimum atomic E-state index is -3.50. The van der Waals surface area contributed by atoms with Crippen molar-refractivity contribution in [3.05, 3.63) is 60.3 Å². The highest BCUT2D eigenvalue weighted by Crippen LogP contribution is 2.25. The minimum absolute atomic E-state index is 0.130. The number of pyridine rings is 1. The number of phenols is 1. The minimum Gasteiger partial charge on any atom is -0.507 e. The average molecular weight is 410 g/mol. The van der Waals surface area contributed by atoms with E-state index >= 15 is 0 Å². The largest absolute Gasteiger partial charge is 0.507 e. The molecule has 4 rings (SSSR count). The van der Waals surface area contributed by atoms with Gasteiger partial charge in [0.05, 0.1) is 6.21 Å². The summed E-state index contributed by atoms with van der Waals surface area (Å²) in [6.07, 6.45) is 5.72. The van der Waals surface area contributed by atoms with Gasteiger partial charge in [0.15, 0.2) is 0 Å². The van der Waals surface area contributed by atoms with E-state index in [1.54, 1.807) is 12.1 Å². The Morgan fingerprint density at radius 1 is 1.03 bits per heavy atom. The quantitative estimate of drug-likeness (QED) is 0.495. The van der Waals surface area contributed by atoms with Gasteiger partial charge in [0.25, 0.3) is 0 Å².